The lowest BCUT2D eigenvalue weighted by Gasteiger charge is -2.29. The van der Waals surface area contributed by atoms with Crippen LogP contribution >= 0.6 is 0 Å². The minimum absolute atomic E-state index is 0.0275. The zero-order valence-corrected chi connectivity index (χ0v) is 8.88. The van der Waals surface area contributed by atoms with E-state index in [1.165, 1.54) is 0 Å². The molecule has 1 aliphatic rings. The molecule has 1 aliphatic heterocycles. The van der Waals surface area contributed by atoms with Crippen molar-refractivity contribution in [1.29, 1.82) is 0 Å². The monoisotopic (exact) mass is 184 g/mol. The lowest BCUT2D eigenvalue weighted by atomic mass is 9.87. The van der Waals surface area contributed by atoms with Gasteiger partial charge in [0, 0.05) is 0 Å². The third-order valence-corrected chi connectivity index (χ3v) is 2.80. The van der Waals surface area contributed by atoms with Crippen molar-refractivity contribution in [3.05, 3.63) is 0 Å². The van der Waals surface area contributed by atoms with Crippen molar-refractivity contribution in [2.75, 3.05) is 0 Å². The van der Waals surface area contributed by atoms with Crippen molar-refractivity contribution in [1.82, 2.24) is 0 Å². The molecular weight excluding hydrogens is 164 g/mol. The second kappa shape index (κ2) is 4.64. The summed E-state index contributed by atoms with van der Waals surface area (Å²) in [5.74, 6) is 0.600. The summed E-state index contributed by atoms with van der Waals surface area (Å²) >= 11 is 0. The van der Waals surface area contributed by atoms with Gasteiger partial charge in [-0.05, 0) is 25.2 Å². The summed E-state index contributed by atoms with van der Waals surface area (Å²) < 4.78 is 5.36. The second-order valence-electron chi connectivity index (χ2n) is 4.28. The summed E-state index contributed by atoms with van der Waals surface area (Å²) in [6.45, 7) is 6.31. The zero-order valence-electron chi connectivity index (χ0n) is 8.88. The van der Waals surface area contributed by atoms with Gasteiger partial charge in [0.25, 0.3) is 0 Å². The molecule has 0 N–H and O–H groups in total. The number of hydrogen-bond donors (Lipinski definition) is 0. The van der Waals surface area contributed by atoms with Gasteiger partial charge in [-0.2, -0.15) is 0 Å². The first-order chi connectivity index (χ1) is 6.15. The van der Waals surface area contributed by atoms with Crippen molar-refractivity contribution < 1.29 is 9.53 Å². The fourth-order valence-corrected chi connectivity index (χ4v) is 1.92. The van der Waals surface area contributed by atoms with E-state index in [0.29, 0.717) is 5.92 Å². The number of ether oxygens (including phenoxy) is 1. The van der Waals surface area contributed by atoms with Gasteiger partial charge in [0.05, 0.1) is 5.92 Å². The van der Waals surface area contributed by atoms with Gasteiger partial charge < -0.3 is 4.74 Å². The smallest absolute Gasteiger partial charge is 0.309 e. The van der Waals surface area contributed by atoms with Crippen LogP contribution in [0.3, 0.4) is 0 Å². The molecule has 1 heterocycles. The Bertz CT molecular complexity index is 175. The number of carbonyl (C=O) groups is 1. The molecule has 2 heteroatoms. The van der Waals surface area contributed by atoms with E-state index in [-0.39, 0.29) is 18.0 Å². The van der Waals surface area contributed by atoms with E-state index in [1.54, 1.807) is 0 Å². The predicted molar refractivity (Wildman–Crippen MR) is 52.4 cm³/mol. The summed E-state index contributed by atoms with van der Waals surface area (Å²) in [5.41, 5.74) is 0. The molecule has 2 nitrogen and oxygen atoms in total. The molecular formula is C11H20O2. The Morgan fingerprint density at radius 2 is 2.15 bits per heavy atom. The third kappa shape index (κ3) is 2.71. The molecule has 0 bridgehead atoms. The van der Waals surface area contributed by atoms with Gasteiger partial charge in [-0.3, -0.25) is 4.79 Å². The van der Waals surface area contributed by atoms with Crippen LogP contribution < -0.4 is 0 Å². The van der Waals surface area contributed by atoms with Crippen LogP contribution in [0, 0.1) is 11.8 Å². The average molecular weight is 184 g/mol. The SMILES string of the molecule is CCCC1CCC(C(C)C)C(=O)O1. The van der Waals surface area contributed by atoms with E-state index in [1.807, 2.05) is 0 Å². The first-order valence-electron chi connectivity index (χ1n) is 5.35. The summed E-state index contributed by atoms with van der Waals surface area (Å²) in [4.78, 5) is 11.5. The first kappa shape index (κ1) is 10.6. The minimum Gasteiger partial charge on any atom is -0.462 e. The topological polar surface area (TPSA) is 26.3 Å². The minimum atomic E-state index is 0.0275. The molecule has 2 unspecified atom stereocenters. The number of cyclic esters (lactones) is 1. The maximum atomic E-state index is 11.5. The van der Waals surface area contributed by atoms with Crippen LogP contribution in [0.2, 0.25) is 0 Å². The van der Waals surface area contributed by atoms with Crippen molar-refractivity contribution >= 4 is 5.97 Å². The van der Waals surface area contributed by atoms with Gasteiger partial charge >= 0.3 is 5.97 Å². The fraction of sp³-hybridized carbons (Fsp3) is 0.909. The molecule has 13 heavy (non-hydrogen) atoms. The standard InChI is InChI=1S/C11H20O2/c1-4-5-9-6-7-10(8(2)3)11(12)13-9/h8-10H,4-7H2,1-3H3. The number of rotatable bonds is 3. The van der Waals surface area contributed by atoms with E-state index in [2.05, 4.69) is 20.8 Å². The molecule has 0 amide bonds. The lowest BCUT2D eigenvalue weighted by molar-refractivity contribution is -0.162. The fourth-order valence-electron chi connectivity index (χ4n) is 1.92. The average Bonchev–Trinajstić information content (AvgIpc) is 2.04. The van der Waals surface area contributed by atoms with E-state index >= 15 is 0 Å². The van der Waals surface area contributed by atoms with E-state index < -0.39 is 0 Å². The number of esters is 1. The lowest BCUT2D eigenvalue weighted by Crippen LogP contribution is -2.33. The summed E-state index contributed by atoms with van der Waals surface area (Å²) in [5, 5.41) is 0. The molecule has 0 aliphatic carbocycles. The van der Waals surface area contributed by atoms with E-state index in [9.17, 15) is 4.79 Å². The van der Waals surface area contributed by atoms with E-state index in [4.69, 9.17) is 4.74 Å². The van der Waals surface area contributed by atoms with Crippen LogP contribution in [0.25, 0.3) is 0 Å². The molecule has 0 saturated carbocycles. The largest absolute Gasteiger partial charge is 0.462 e. The number of carbonyl (C=O) groups excluding carboxylic acids is 1. The third-order valence-electron chi connectivity index (χ3n) is 2.80. The second-order valence-corrected chi connectivity index (χ2v) is 4.28. The Morgan fingerprint density at radius 3 is 2.62 bits per heavy atom. The molecule has 0 spiro atoms. The van der Waals surface area contributed by atoms with Gasteiger partial charge in [-0.1, -0.05) is 27.2 Å². The van der Waals surface area contributed by atoms with Crippen LogP contribution in [0.1, 0.15) is 46.5 Å². The highest BCUT2D eigenvalue weighted by Gasteiger charge is 2.31. The Balaban J connectivity index is 2.42. The molecule has 1 rings (SSSR count). The van der Waals surface area contributed by atoms with Crippen LogP contribution in [0.15, 0.2) is 0 Å². The highest BCUT2D eigenvalue weighted by molar-refractivity contribution is 5.73. The Hall–Kier alpha value is -0.530. The van der Waals surface area contributed by atoms with Crippen LogP contribution in [-0.4, -0.2) is 12.1 Å². The quantitative estimate of drug-likeness (QED) is 0.630. The first-order valence-corrected chi connectivity index (χ1v) is 5.35. The highest BCUT2D eigenvalue weighted by Crippen LogP contribution is 2.27. The highest BCUT2D eigenvalue weighted by atomic mass is 16.5. The van der Waals surface area contributed by atoms with Gasteiger partial charge in [0.1, 0.15) is 6.10 Å². The molecule has 1 fully saturated rings. The van der Waals surface area contributed by atoms with Gasteiger partial charge in [-0.25, -0.2) is 0 Å². The maximum absolute atomic E-state index is 11.5. The van der Waals surface area contributed by atoms with Gasteiger partial charge in [0.2, 0.25) is 0 Å². The normalized spacial score (nSPS) is 29.1. The predicted octanol–water partition coefficient (Wildman–Crippen LogP) is 2.76. The van der Waals surface area contributed by atoms with Crippen molar-refractivity contribution in [3.63, 3.8) is 0 Å². The zero-order chi connectivity index (χ0) is 9.84. The maximum Gasteiger partial charge on any atom is 0.309 e. The number of hydrogen-bond acceptors (Lipinski definition) is 2. The van der Waals surface area contributed by atoms with Crippen molar-refractivity contribution in [2.24, 2.45) is 11.8 Å². The molecule has 0 aromatic rings. The van der Waals surface area contributed by atoms with Crippen LogP contribution in [0.5, 0.6) is 0 Å². The van der Waals surface area contributed by atoms with Gasteiger partial charge in [0.15, 0.2) is 0 Å². The Morgan fingerprint density at radius 1 is 1.46 bits per heavy atom. The molecule has 0 aromatic heterocycles. The van der Waals surface area contributed by atoms with E-state index in [0.717, 1.165) is 25.7 Å². The van der Waals surface area contributed by atoms with Crippen molar-refractivity contribution in [3.8, 4) is 0 Å². The summed E-state index contributed by atoms with van der Waals surface area (Å²) in [6.07, 6.45) is 4.40. The Kier molecular flexibility index (Phi) is 3.76. The van der Waals surface area contributed by atoms with Crippen LogP contribution in [0.4, 0.5) is 0 Å². The van der Waals surface area contributed by atoms with Crippen molar-refractivity contribution in [2.45, 2.75) is 52.6 Å². The summed E-state index contributed by atoms with van der Waals surface area (Å²) in [7, 11) is 0. The molecule has 1 saturated heterocycles. The molecule has 0 aromatic carbocycles. The molecule has 76 valence electrons. The Labute approximate surface area is 80.7 Å². The van der Waals surface area contributed by atoms with Crippen LogP contribution in [-0.2, 0) is 9.53 Å². The molecule has 0 radical (unpaired) electrons. The molecule has 2 atom stereocenters. The summed E-state index contributed by atoms with van der Waals surface area (Å²) in [6, 6.07) is 0. The van der Waals surface area contributed by atoms with Gasteiger partial charge in [-0.15, -0.1) is 0 Å².